The molecular weight excluding hydrogens is 404 g/mol. The molecule has 1 amide bonds. The number of nitrogens with zero attached hydrogens (tertiary/aromatic N) is 3. The lowest BCUT2D eigenvalue weighted by atomic mass is 10.1. The molecule has 1 N–H and O–H groups in total. The Balaban J connectivity index is 1.66. The maximum absolute atomic E-state index is 13.1. The molecule has 4 rings (SSSR count). The lowest BCUT2D eigenvalue weighted by Gasteiger charge is -2.26. The number of benzene rings is 2. The number of nitrogens with one attached hydrogen (secondary N) is 1. The number of rotatable bonds is 6. The van der Waals surface area contributed by atoms with E-state index in [1.54, 1.807) is 13.2 Å². The zero-order valence-corrected chi connectivity index (χ0v) is 17.9. The predicted octanol–water partition coefficient (Wildman–Crippen LogP) is 3.59. The normalized spacial score (nSPS) is 14.8. The molecule has 2 heterocycles. The number of aryl methyl sites for hydroxylation is 1. The van der Waals surface area contributed by atoms with Crippen molar-refractivity contribution in [2.45, 2.75) is 13.5 Å². The van der Waals surface area contributed by atoms with Crippen molar-refractivity contribution in [2.75, 3.05) is 45.3 Å². The fraction of sp³-hybridized carbons (Fsp3) is 0.364. The molecule has 1 fully saturated rings. The van der Waals surface area contributed by atoms with Crippen LogP contribution in [0.2, 0.25) is 5.02 Å². The number of aromatic nitrogens is 2. The largest absolute Gasteiger partial charge is 0.494 e. The Morgan fingerprint density at radius 3 is 2.70 bits per heavy atom. The number of carbonyl (C=O) groups excluding carboxylic acids is 1. The van der Waals surface area contributed by atoms with Crippen molar-refractivity contribution in [2.24, 2.45) is 0 Å². The van der Waals surface area contributed by atoms with E-state index in [0.717, 1.165) is 49.3 Å². The highest BCUT2D eigenvalue weighted by molar-refractivity contribution is 6.34. The quantitative estimate of drug-likeness (QED) is 0.649. The third-order valence-electron chi connectivity index (χ3n) is 5.36. The summed E-state index contributed by atoms with van der Waals surface area (Å²) in [6, 6.07) is 11.2. The number of methoxy groups -OCH3 is 1. The zero-order chi connectivity index (χ0) is 21.1. The van der Waals surface area contributed by atoms with Gasteiger partial charge in [-0.05, 0) is 24.6 Å². The van der Waals surface area contributed by atoms with Gasteiger partial charge in [-0.1, -0.05) is 35.9 Å². The van der Waals surface area contributed by atoms with Crippen LogP contribution in [0.1, 0.15) is 16.1 Å². The minimum absolute atomic E-state index is 0.297. The summed E-state index contributed by atoms with van der Waals surface area (Å²) >= 11 is 6.29. The van der Waals surface area contributed by atoms with Crippen LogP contribution in [-0.4, -0.2) is 60.5 Å². The second-order valence-corrected chi connectivity index (χ2v) is 7.68. The van der Waals surface area contributed by atoms with E-state index in [2.05, 4.69) is 15.3 Å². The van der Waals surface area contributed by atoms with Gasteiger partial charge in [0.25, 0.3) is 5.91 Å². The molecule has 30 heavy (non-hydrogen) atoms. The van der Waals surface area contributed by atoms with Crippen LogP contribution >= 0.6 is 11.6 Å². The van der Waals surface area contributed by atoms with Crippen molar-refractivity contribution < 1.29 is 14.3 Å². The third-order valence-corrected chi connectivity index (χ3v) is 5.68. The Bertz CT molecular complexity index is 1040. The third kappa shape index (κ3) is 4.14. The first-order valence-electron chi connectivity index (χ1n) is 9.98. The number of halogens is 1. The first-order valence-corrected chi connectivity index (χ1v) is 10.4. The molecule has 3 aromatic rings. The van der Waals surface area contributed by atoms with Crippen molar-refractivity contribution in [3.05, 3.63) is 52.7 Å². The van der Waals surface area contributed by atoms with E-state index in [0.29, 0.717) is 28.7 Å². The summed E-state index contributed by atoms with van der Waals surface area (Å²) in [4.78, 5) is 15.5. The number of amides is 1. The van der Waals surface area contributed by atoms with E-state index >= 15 is 0 Å². The van der Waals surface area contributed by atoms with E-state index in [4.69, 9.17) is 21.1 Å². The van der Waals surface area contributed by atoms with Crippen molar-refractivity contribution in [3.8, 4) is 5.75 Å². The highest BCUT2D eigenvalue weighted by Gasteiger charge is 2.22. The Morgan fingerprint density at radius 2 is 1.97 bits per heavy atom. The fourth-order valence-corrected chi connectivity index (χ4v) is 3.99. The Labute approximate surface area is 180 Å². The van der Waals surface area contributed by atoms with Gasteiger partial charge in [0.2, 0.25) is 0 Å². The molecule has 1 saturated heterocycles. The average molecular weight is 429 g/mol. The minimum Gasteiger partial charge on any atom is -0.494 e. The van der Waals surface area contributed by atoms with Crippen LogP contribution in [0.5, 0.6) is 5.75 Å². The van der Waals surface area contributed by atoms with Crippen LogP contribution in [0.3, 0.4) is 0 Å². The predicted molar refractivity (Wildman–Crippen MR) is 118 cm³/mol. The number of ether oxygens (including phenoxy) is 2. The summed E-state index contributed by atoms with van der Waals surface area (Å²) in [6.07, 6.45) is 0. The standard InChI is InChI=1S/C22H25ClN4O3/c1-15-5-3-7-17(23)19(15)24-22(28)20-16-6-4-8-18(29-2)21(16)27(25-20)10-9-26-11-13-30-14-12-26/h3-8H,9-14H2,1-2H3,(H,24,28). The van der Waals surface area contributed by atoms with Gasteiger partial charge in [-0.15, -0.1) is 0 Å². The van der Waals surface area contributed by atoms with Gasteiger partial charge in [0.1, 0.15) is 11.3 Å². The Hall–Kier alpha value is -2.61. The summed E-state index contributed by atoms with van der Waals surface area (Å²) in [6.45, 7) is 6.66. The number of para-hydroxylation sites is 2. The maximum Gasteiger partial charge on any atom is 0.276 e. The minimum atomic E-state index is -0.297. The zero-order valence-electron chi connectivity index (χ0n) is 17.2. The fourth-order valence-electron chi connectivity index (χ4n) is 3.72. The van der Waals surface area contributed by atoms with Crippen molar-refractivity contribution >= 4 is 34.1 Å². The summed E-state index contributed by atoms with van der Waals surface area (Å²) in [5.74, 6) is 0.393. The number of fused-ring (bicyclic) bond motifs is 1. The molecule has 0 aliphatic carbocycles. The SMILES string of the molecule is COc1cccc2c(C(=O)Nc3c(C)cccc3Cl)nn(CCN3CCOCC3)c12. The van der Waals surface area contributed by atoms with Gasteiger partial charge in [0, 0.05) is 25.0 Å². The molecule has 2 aromatic carbocycles. The van der Waals surface area contributed by atoms with E-state index in [1.165, 1.54) is 0 Å². The highest BCUT2D eigenvalue weighted by atomic mass is 35.5. The van der Waals surface area contributed by atoms with Crippen LogP contribution in [-0.2, 0) is 11.3 Å². The number of carbonyl (C=O) groups is 1. The van der Waals surface area contributed by atoms with Gasteiger partial charge >= 0.3 is 0 Å². The van der Waals surface area contributed by atoms with Crippen molar-refractivity contribution in [1.82, 2.24) is 14.7 Å². The van der Waals surface area contributed by atoms with E-state index in [9.17, 15) is 4.79 Å². The number of hydrogen-bond donors (Lipinski definition) is 1. The van der Waals surface area contributed by atoms with Gasteiger partial charge in [-0.25, -0.2) is 0 Å². The van der Waals surface area contributed by atoms with E-state index < -0.39 is 0 Å². The number of hydrogen-bond acceptors (Lipinski definition) is 5. The molecular formula is C22H25ClN4O3. The Kier molecular flexibility index (Phi) is 6.22. The molecule has 0 saturated carbocycles. The van der Waals surface area contributed by atoms with Crippen molar-refractivity contribution in [3.63, 3.8) is 0 Å². The molecule has 0 radical (unpaired) electrons. The van der Waals surface area contributed by atoms with E-state index in [-0.39, 0.29) is 5.91 Å². The van der Waals surface area contributed by atoms with Gasteiger partial charge in [0.05, 0.1) is 37.6 Å². The summed E-state index contributed by atoms with van der Waals surface area (Å²) < 4.78 is 12.8. The second-order valence-electron chi connectivity index (χ2n) is 7.27. The smallest absolute Gasteiger partial charge is 0.276 e. The molecule has 7 nitrogen and oxygen atoms in total. The lowest BCUT2D eigenvalue weighted by molar-refractivity contribution is 0.0361. The monoisotopic (exact) mass is 428 g/mol. The number of morpholine rings is 1. The summed E-state index contributed by atoms with van der Waals surface area (Å²) in [7, 11) is 1.63. The molecule has 1 aliphatic rings. The maximum atomic E-state index is 13.1. The first-order chi connectivity index (χ1) is 14.6. The molecule has 8 heteroatoms. The molecule has 1 aliphatic heterocycles. The van der Waals surface area contributed by atoms with E-state index in [1.807, 2.05) is 41.9 Å². The second kappa shape index (κ2) is 9.04. The van der Waals surface area contributed by atoms with Gasteiger partial charge in [-0.3, -0.25) is 14.4 Å². The van der Waals surface area contributed by atoms with Crippen LogP contribution in [0.4, 0.5) is 5.69 Å². The molecule has 0 unspecified atom stereocenters. The summed E-state index contributed by atoms with van der Waals surface area (Å²) in [5, 5.41) is 8.84. The van der Waals surface area contributed by atoms with Gasteiger partial charge in [0.15, 0.2) is 5.69 Å². The molecule has 0 spiro atoms. The number of anilines is 1. The topological polar surface area (TPSA) is 68.6 Å². The van der Waals surface area contributed by atoms with Crippen LogP contribution in [0, 0.1) is 6.92 Å². The summed E-state index contributed by atoms with van der Waals surface area (Å²) in [5.41, 5.74) is 2.66. The first kappa shape index (κ1) is 20.7. The highest BCUT2D eigenvalue weighted by Crippen LogP contribution is 2.30. The van der Waals surface area contributed by atoms with Crippen LogP contribution in [0.15, 0.2) is 36.4 Å². The lowest BCUT2D eigenvalue weighted by Crippen LogP contribution is -2.38. The molecule has 0 bridgehead atoms. The van der Waals surface area contributed by atoms with Gasteiger partial charge in [-0.2, -0.15) is 5.10 Å². The van der Waals surface area contributed by atoms with Crippen LogP contribution < -0.4 is 10.1 Å². The Morgan fingerprint density at radius 1 is 1.20 bits per heavy atom. The van der Waals surface area contributed by atoms with Gasteiger partial charge < -0.3 is 14.8 Å². The van der Waals surface area contributed by atoms with Crippen molar-refractivity contribution in [1.29, 1.82) is 0 Å². The average Bonchev–Trinajstić information content (AvgIpc) is 3.14. The molecule has 158 valence electrons. The van der Waals surface area contributed by atoms with Crippen LogP contribution in [0.25, 0.3) is 10.9 Å². The molecule has 0 atom stereocenters. The molecule has 1 aromatic heterocycles.